The SMILES string of the molecule is CC(=O)c1ccc(N2CCC(C)C(O)C2)c(F)c1. The van der Waals surface area contributed by atoms with Crippen LogP contribution >= 0.6 is 0 Å². The first-order chi connectivity index (χ1) is 8.49. The number of anilines is 1. The molecule has 98 valence electrons. The van der Waals surface area contributed by atoms with Gasteiger partial charge < -0.3 is 10.0 Å². The Hall–Kier alpha value is -1.42. The molecule has 0 amide bonds. The highest BCUT2D eigenvalue weighted by atomic mass is 19.1. The van der Waals surface area contributed by atoms with Gasteiger partial charge in [-0.3, -0.25) is 4.79 Å². The van der Waals surface area contributed by atoms with Crippen LogP contribution in [-0.4, -0.2) is 30.1 Å². The van der Waals surface area contributed by atoms with Crippen molar-refractivity contribution in [2.24, 2.45) is 5.92 Å². The maximum Gasteiger partial charge on any atom is 0.159 e. The molecule has 0 saturated carbocycles. The Labute approximate surface area is 106 Å². The highest BCUT2D eigenvalue weighted by molar-refractivity contribution is 5.94. The molecule has 1 aromatic carbocycles. The number of nitrogens with zero attached hydrogens (tertiary/aromatic N) is 1. The second-order valence-corrected chi connectivity index (χ2v) is 5.00. The number of aliphatic hydroxyl groups excluding tert-OH is 1. The third kappa shape index (κ3) is 2.53. The lowest BCUT2D eigenvalue weighted by Gasteiger charge is -2.36. The third-order valence-electron chi connectivity index (χ3n) is 3.61. The molecule has 1 heterocycles. The molecule has 1 N–H and O–H groups in total. The summed E-state index contributed by atoms with van der Waals surface area (Å²) in [6.07, 6.45) is 0.417. The smallest absolute Gasteiger partial charge is 0.159 e. The number of benzene rings is 1. The minimum atomic E-state index is -0.425. The predicted octanol–water partition coefficient (Wildman–Crippen LogP) is 2.24. The van der Waals surface area contributed by atoms with E-state index in [1.54, 1.807) is 12.1 Å². The van der Waals surface area contributed by atoms with Crippen molar-refractivity contribution < 1.29 is 14.3 Å². The molecule has 2 unspecified atom stereocenters. The lowest BCUT2D eigenvalue weighted by molar-refractivity contribution is 0.101. The van der Waals surface area contributed by atoms with E-state index in [1.807, 2.05) is 11.8 Å². The van der Waals surface area contributed by atoms with Gasteiger partial charge in [-0.1, -0.05) is 6.92 Å². The van der Waals surface area contributed by atoms with Crippen LogP contribution in [0, 0.1) is 11.7 Å². The molecule has 0 aliphatic carbocycles. The van der Waals surface area contributed by atoms with Gasteiger partial charge in [-0.05, 0) is 37.5 Å². The molecule has 2 rings (SSSR count). The van der Waals surface area contributed by atoms with E-state index >= 15 is 0 Å². The number of piperidine rings is 1. The van der Waals surface area contributed by atoms with Crippen LogP contribution in [0.25, 0.3) is 0 Å². The van der Waals surface area contributed by atoms with Crippen molar-refractivity contribution in [2.45, 2.75) is 26.4 Å². The van der Waals surface area contributed by atoms with Crippen LogP contribution in [0.15, 0.2) is 18.2 Å². The molecule has 1 aromatic rings. The van der Waals surface area contributed by atoms with E-state index in [4.69, 9.17) is 0 Å². The van der Waals surface area contributed by atoms with Crippen molar-refractivity contribution in [3.05, 3.63) is 29.6 Å². The highest BCUT2D eigenvalue weighted by Crippen LogP contribution is 2.26. The van der Waals surface area contributed by atoms with E-state index in [2.05, 4.69) is 0 Å². The van der Waals surface area contributed by atoms with Crippen LogP contribution in [0.2, 0.25) is 0 Å². The lowest BCUT2D eigenvalue weighted by atomic mass is 9.95. The van der Waals surface area contributed by atoms with Crippen LogP contribution in [-0.2, 0) is 0 Å². The van der Waals surface area contributed by atoms with Crippen molar-refractivity contribution >= 4 is 11.5 Å². The minimum absolute atomic E-state index is 0.146. The first kappa shape index (κ1) is 13.0. The first-order valence-electron chi connectivity index (χ1n) is 6.22. The number of ketones is 1. The maximum atomic E-state index is 13.9. The highest BCUT2D eigenvalue weighted by Gasteiger charge is 2.25. The van der Waals surface area contributed by atoms with Crippen LogP contribution < -0.4 is 4.90 Å². The standard InChI is InChI=1S/C14H18FNO2/c1-9-5-6-16(8-14(9)18)13-4-3-11(10(2)17)7-12(13)15/h3-4,7,9,14,18H,5-6,8H2,1-2H3. The van der Waals surface area contributed by atoms with Gasteiger partial charge in [0.25, 0.3) is 0 Å². The first-order valence-corrected chi connectivity index (χ1v) is 6.22. The lowest BCUT2D eigenvalue weighted by Crippen LogP contribution is -2.43. The number of hydrogen-bond donors (Lipinski definition) is 1. The van der Waals surface area contributed by atoms with Gasteiger partial charge in [0.2, 0.25) is 0 Å². The Morgan fingerprint density at radius 1 is 1.50 bits per heavy atom. The van der Waals surface area contributed by atoms with Crippen LogP contribution in [0.3, 0.4) is 0 Å². The fourth-order valence-corrected chi connectivity index (χ4v) is 2.25. The summed E-state index contributed by atoms with van der Waals surface area (Å²) >= 11 is 0. The summed E-state index contributed by atoms with van der Waals surface area (Å²) in [6, 6.07) is 4.52. The quantitative estimate of drug-likeness (QED) is 0.819. The second kappa shape index (κ2) is 5.06. The van der Waals surface area contributed by atoms with Gasteiger partial charge in [0.15, 0.2) is 5.78 Å². The summed E-state index contributed by atoms with van der Waals surface area (Å²) in [7, 11) is 0. The molecular weight excluding hydrogens is 233 g/mol. The average molecular weight is 251 g/mol. The van der Waals surface area contributed by atoms with E-state index < -0.39 is 11.9 Å². The molecule has 18 heavy (non-hydrogen) atoms. The summed E-state index contributed by atoms with van der Waals surface area (Å²) in [5.41, 5.74) is 0.841. The van der Waals surface area contributed by atoms with E-state index in [9.17, 15) is 14.3 Å². The largest absolute Gasteiger partial charge is 0.391 e. The van der Waals surface area contributed by atoms with E-state index in [0.717, 1.165) is 13.0 Å². The molecule has 2 atom stereocenters. The van der Waals surface area contributed by atoms with Crippen molar-refractivity contribution in [1.29, 1.82) is 0 Å². The number of halogens is 1. The molecule has 0 spiro atoms. The number of carbonyl (C=O) groups is 1. The van der Waals surface area contributed by atoms with Crippen LogP contribution in [0.1, 0.15) is 30.6 Å². The fourth-order valence-electron chi connectivity index (χ4n) is 2.25. The van der Waals surface area contributed by atoms with Gasteiger partial charge in [-0.25, -0.2) is 4.39 Å². The Bertz CT molecular complexity index is 461. The molecule has 1 aliphatic heterocycles. The zero-order valence-corrected chi connectivity index (χ0v) is 10.7. The Morgan fingerprint density at radius 3 is 2.78 bits per heavy atom. The fraction of sp³-hybridized carbons (Fsp3) is 0.500. The number of β-amino-alcohol motifs (C(OH)–C–C–N with tert-alkyl or cyclic N) is 1. The molecule has 0 aromatic heterocycles. The third-order valence-corrected chi connectivity index (χ3v) is 3.61. The van der Waals surface area contributed by atoms with E-state index in [0.29, 0.717) is 17.8 Å². The second-order valence-electron chi connectivity index (χ2n) is 5.00. The monoisotopic (exact) mass is 251 g/mol. The summed E-state index contributed by atoms with van der Waals surface area (Å²) in [5.74, 6) is -0.294. The van der Waals surface area contributed by atoms with Crippen molar-refractivity contribution in [1.82, 2.24) is 0 Å². The Balaban J connectivity index is 2.21. The summed E-state index contributed by atoms with van der Waals surface area (Å²) in [6.45, 7) is 4.59. The minimum Gasteiger partial charge on any atom is -0.391 e. The molecule has 1 fully saturated rings. The zero-order valence-electron chi connectivity index (χ0n) is 10.7. The molecule has 3 nitrogen and oxygen atoms in total. The van der Waals surface area contributed by atoms with Crippen molar-refractivity contribution in [3.8, 4) is 0 Å². The average Bonchev–Trinajstić information content (AvgIpc) is 2.32. The molecule has 0 bridgehead atoms. The molecule has 1 aliphatic rings. The topological polar surface area (TPSA) is 40.5 Å². The van der Waals surface area contributed by atoms with Gasteiger partial charge in [0, 0.05) is 18.7 Å². The Kier molecular flexibility index (Phi) is 3.66. The zero-order chi connectivity index (χ0) is 13.3. The van der Waals surface area contributed by atoms with E-state index in [1.165, 1.54) is 13.0 Å². The maximum absolute atomic E-state index is 13.9. The van der Waals surface area contributed by atoms with Gasteiger partial charge in [-0.15, -0.1) is 0 Å². The van der Waals surface area contributed by atoms with Gasteiger partial charge in [-0.2, -0.15) is 0 Å². The molecular formula is C14H18FNO2. The molecule has 0 radical (unpaired) electrons. The summed E-state index contributed by atoms with van der Waals surface area (Å²) in [5, 5.41) is 9.82. The van der Waals surface area contributed by atoms with Crippen LogP contribution in [0.5, 0.6) is 0 Å². The number of hydrogen-bond acceptors (Lipinski definition) is 3. The number of carbonyl (C=O) groups excluding carboxylic acids is 1. The summed E-state index contributed by atoms with van der Waals surface area (Å²) < 4.78 is 13.9. The van der Waals surface area contributed by atoms with Gasteiger partial charge in [0.05, 0.1) is 11.8 Å². The summed E-state index contributed by atoms with van der Waals surface area (Å²) in [4.78, 5) is 13.0. The van der Waals surface area contributed by atoms with Gasteiger partial charge in [0.1, 0.15) is 5.82 Å². The Morgan fingerprint density at radius 2 is 2.22 bits per heavy atom. The number of Topliss-reactive ketones (excluding diaryl/α,β-unsaturated/α-hetero) is 1. The van der Waals surface area contributed by atoms with Crippen LogP contribution in [0.4, 0.5) is 10.1 Å². The number of aliphatic hydroxyl groups is 1. The van der Waals surface area contributed by atoms with Gasteiger partial charge >= 0.3 is 0 Å². The van der Waals surface area contributed by atoms with E-state index in [-0.39, 0.29) is 11.7 Å². The predicted molar refractivity (Wildman–Crippen MR) is 68.4 cm³/mol. The van der Waals surface area contributed by atoms with Crippen molar-refractivity contribution in [2.75, 3.05) is 18.0 Å². The normalized spacial score (nSPS) is 24.1. The molecule has 1 saturated heterocycles. The number of rotatable bonds is 2. The molecule has 4 heteroatoms. The van der Waals surface area contributed by atoms with Crippen molar-refractivity contribution in [3.63, 3.8) is 0 Å².